The molecule has 2 aromatic rings. The standard InChI is InChI=1S/C17H19N3O2/c1-3-4-10-19-17(21)16-13(12-18)9-11-20(16)14-5-7-15(22-2)8-6-14/h5-9,11H,3-4,10H2,1-2H3,(H,19,21). The van der Waals surface area contributed by atoms with E-state index in [1.54, 1.807) is 23.9 Å². The summed E-state index contributed by atoms with van der Waals surface area (Å²) in [4.78, 5) is 12.4. The fraction of sp³-hybridized carbons (Fsp3) is 0.294. The van der Waals surface area contributed by atoms with Crippen LogP contribution in [-0.2, 0) is 0 Å². The second kappa shape index (κ2) is 7.32. The number of ether oxygens (including phenoxy) is 1. The molecule has 1 heterocycles. The Balaban J connectivity index is 2.33. The molecule has 1 amide bonds. The first-order valence-corrected chi connectivity index (χ1v) is 7.25. The molecule has 1 aromatic carbocycles. The molecule has 0 saturated carbocycles. The molecule has 0 aliphatic carbocycles. The van der Waals surface area contributed by atoms with Crippen LogP contribution in [-0.4, -0.2) is 24.1 Å². The first-order chi connectivity index (χ1) is 10.7. The highest BCUT2D eigenvalue weighted by Gasteiger charge is 2.17. The lowest BCUT2D eigenvalue weighted by molar-refractivity contribution is 0.0946. The monoisotopic (exact) mass is 297 g/mol. The third-order valence-corrected chi connectivity index (χ3v) is 3.39. The van der Waals surface area contributed by atoms with E-state index in [1.807, 2.05) is 24.3 Å². The van der Waals surface area contributed by atoms with Crippen molar-refractivity contribution in [2.45, 2.75) is 19.8 Å². The van der Waals surface area contributed by atoms with Gasteiger partial charge in [-0.2, -0.15) is 5.26 Å². The van der Waals surface area contributed by atoms with Crippen molar-refractivity contribution in [2.24, 2.45) is 0 Å². The molecular formula is C17H19N3O2. The lowest BCUT2D eigenvalue weighted by Gasteiger charge is -2.11. The third-order valence-electron chi connectivity index (χ3n) is 3.39. The van der Waals surface area contributed by atoms with Crippen LogP contribution in [0.2, 0.25) is 0 Å². The number of nitrogens with one attached hydrogen (secondary N) is 1. The van der Waals surface area contributed by atoms with E-state index in [9.17, 15) is 10.1 Å². The third kappa shape index (κ3) is 3.29. The second-order valence-corrected chi connectivity index (χ2v) is 4.87. The predicted octanol–water partition coefficient (Wildman–Crippen LogP) is 2.89. The van der Waals surface area contributed by atoms with Crippen molar-refractivity contribution >= 4 is 5.91 Å². The Morgan fingerprint density at radius 2 is 2.05 bits per heavy atom. The number of rotatable bonds is 6. The normalized spacial score (nSPS) is 10.0. The number of hydrogen-bond donors (Lipinski definition) is 1. The maximum Gasteiger partial charge on any atom is 0.269 e. The predicted molar refractivity (Wildman–Crippen MR) is 84.3 cm³/mol. The largest absolute Gasteiger partial charge is 0.497 e. The quantitative estimate of drug-likeness (QED) is 0.834. The van der Waals surface area contributed by atoms with Gasteiger partial charge in [0, 0.05) is 18.4 Å². The Morgan fingerprint density at radius 1 is 1.32 bits per heavy atom. The number of nitriles is 1. The summed E-state index contributed by atoms with van der Waals surface area (Å²) in [7, 11) is 1.60. The molecule has 22 heavy (non-hydrogen) atoms. The fourth-order valence-corrected chi connectivity index (χ4v) is 2.17. The molecular weight excluding hydrogens is 278 g/mol. The minimum atomic E-state index is -0.231. The lowest BCUT2D eigenvalue weighted by atomic mass is 10.2. The lowest BCUT2D eigenvalue weighted by Crippen LogP contribution is -2.27. The number of nitrogens with zero attached hydrogens (tertiary/aromatic N) is 2. The highest BCUT2D eigenvalue weighted by atomic mass is 16.5. The minimum Gasteiger partial charge on any atom is -0.497 e. The van der Waals surface area contributed by atoms with Gasteiger partial charge in [-0.05, 0) is 36.8 Å². The number of carbonyl (C=O) groups is 1. The summed E-state index contributed by atoms with van der Waals surface area (Å²) in [6, 6.07) is 11.1. The molecule has 0 aliphatic heterocycles. The molecule has 0 radical (unpaired) electrons. The fourth-order valence-electron chi connectivity index (χ4n) is 2.17. The smallest absolute Gasteiger partial charge is 0.269 e. The molecule has 1 N–H and O–H groups in total. The van der Waals surface area contributed by atoms with E-state index < -0.39 is 0 Å². The molecule has 0 spiro atoms. The van der Waals surface area contributed by atoms with Crippen molar-refractivity contribution < 1.29 is 9.53 Å². The Hall–Kier alpha value is -2.74. The summed E-state index contributed by atoms with van der Waals surface area (Å²) in [5.74, 6) is 0.510. The Kier molecular flexibility index (Phi) is 5.21. The van der Waals surface area contributed by atoms with Gasteiger partial charge in [-0.25, -0.2) is 0 Å². The molecule has 0 unspecified atom stereocenters. The van der Waals surface area contributed by atoms with Gasteiger partial charge in [-0.3, -0.25) is 4.79 Å². The zero-order valence-electron chi connectivity index (χ0n) is 12.8. The molecule has 1 aromatic heterocycles. The van der Waals surface area contributed by atoms with Gasteiger partial charge in [-0.1, -0.05) is 13.3 Å². The van der Waals surface area contributed by atoms with Gasteiger partial charge in [-0.15, -0.1) is 0 Å². The molecule has 0 saturated heterocycles. The first-order valence-electron chi connectivity index (χ1n) is 7.25. The van der Waals surface area contributed by atoms with Crippen molar-refractivity contribution in [2.75, 3.05) is 13.7 Å². The van der Waals surface area contributed by atoms with E-state index in [1.165, 1.54) is 0 Å². The number of methoxy groups -OCH3 is 1. The van der Waals surface area contributed by atoms with E-state index >= 15 is 0 Å². The highest BCUT2D eigenvalue weighted by Crippen LogP contribution is 2.20. The maximum absolute atomic E-state index is 12.4. The summed E-state index contributed by atoms with van der Waals surface area (Å²) in [5, 5.41) is 12.1. The van der Waals surface area contributed by atoms with Crippen molar-refractivity contribution in [1.29, 1.82) is 5.26 Å². The van der Waals surface area contributed by atoms with Crippen LogP contribution in [0, 0.1) is 11.3 Å². The van der Waals surface area contributed by atoms with Crippen LogP contribution in [0.25, 0.3) is 5.69 Å². The van der Waals surface area contributed by atoms with Crippen molar-refractivity contribution in [3.05, 3.63) is 47.8 Å². The van der Waals surface area contributed by atoms with Crippen LogP contribution in [0.15, 0.2) is 36.5 Å². The van der Waals surface area contributed by atoms with E-state index in [4.69, 9.17) is 4.74 Å². The van der Waals surface area contributed by atoms with Gasteiger partial charge in [0.1, 0.15) is 17.5 Å². The Bertz CT molecular complexity index is 681. The van der Waals surface area contributed by atoms with E-state index in [0.717, 1.165) is 24.3 Å². The summed E-state index contributed by atoms with van der Waals surface area (Å²) in [6.07, 6.45) is 3.65. The van der Waals surface area contributed by atoms with Crippen LogP contribution in [0.3, 0.4) is 0 Å². The van der Waals surface area contributed by atoms with E-state index in [-0.39, 0.29) is 5.91 Å². The zero-order chi connectivity index (χ0) is 15.9. The van der Waals surface area contributed by atoms with Crippen molar-refractivity contribution in [3.8, 4) is 17.5 Å². The molecule has 5 nitrogen and oxygen atoms in total. The van der Waals surface area contributed by atoms with Gasteiger partial charge in [0.15, 0.2) is 0 Å². The highest BCUT2D eigenvalue weighted by molar-refractivity contribution is 5.95. The van der Waals surface area contributed by atoms with Crippen LogP contribution >= 0.6 is 0 Å². The SMILES string of the molecule is CCCCNC(=O)c1c(C#N)ccn1-c1ccc(OC)cc1. The average Bonchev–Trinajstić information content (AvgIpc) is 2.99. The van der Waals surface area contributed by atoms with E-state index in [0.29, 0.717) is 17.8 Å². The van der Waals surface area contributed by atoms with Crippen molar-refractivity contribution in [3.63, 3.8) is 0 Å². The van der Waals surface area contributed by atoms with Gasteiger partial charge < -0.3 is 14.6 Å². The van der Waals surface area contributed by atoms with Crippen LogP contribution in [0.4, 0.5) is 0 Å². The summed E-state index contributed by atoms with van der Waals surface area (Å²) >= 11 is 0. The molecule has 0 fully saturated rings. The molecule has 0 aliphatic rings. The molecule has 2 rings (SSSR count). The van der Waals surface area contributed by atoms with Gasteiger partial charge in [0.05, 0.1) is 12.7 Å². The Morgan fingerprint density at radius 3 is 2.64 bits per heavy atom. The van der Waals surface area contributed by atoms with Gasteiger partial charge >= 0.3 is 0 Å². The molecule has 0 atom stereocenters. The number of unbranched alkanes of at least 4 members (excludes halogenated alkanes) is 1. The zero-order valence-corrected chi connectivity index (χ0v) is 12.8. The minimum absolute atomic E-state index is 0.231. The summed E-state index contributed by atoms with van der Waals surface area (Å²) in [5.41, 5.74) is 1.54. The van der Waals surface area contributed by atoms with Crippen LogP contribution < -0.4 is 10.1 Å². The molecule has 5 heteroatoms. The summed E-state index contributed by atoms with van der Waals surface area (Å²) in [6.45, 7) is 2.67. The summed E-state index contributed by atoms with van der Waals surface area (Å²) < 4.78 is 6.86. The van der Waals surface area contributed by atoms with Crippen LogP contribution in [0.1, 0.15) is 35.8 Å². The topological polar surface area (TPSA) is 67.0 Å². The van der Waals surface area contributed by atoms with E-state index in [2.05, 4.69) is 18.3 Å². The van der Waals surface area contributed by atoms with Crippen LogP contribution in [0.5, 0.6) is 5.75 Å². The van der Waals surface area contributed by atoms with Gasteiger partial charge in [0.25, 0.3) is 5.91 Å². The average molecular weight is 297 g/mol. The second-order valence-electron chi connectivity index (χ2n) is 4.87. The van der Waals surface area contributed by atoms with Crippen molar-refractivity contribution in [1.82, 2.24) is 9.88 Å². The Labute approximate surface area is 130 Å². The number of benzene rings is 1. The number of aromatic nitrogens is 1. The number of hydrogen-bond acceptors (Lipinski definition) is 3. The molecule has 0 bridgehead atoms. The molecule has 114 valence electrons. The number of amides is 1. The first kappa shape index (κ1) is 15.6. The number of carbonyl (C=O) groups excluding carboxylic acids is 1. The maximum atomic E-state index is 12.4. The van der Waals surface area contributed by atoms with Gasteiger partial charge in [0.2, 0.25) is 0 Å².